The minimum absolute atomic E-state index is 0.00602. The van der Waals surface area contributed by atoms with Crippen LogP contribution in [0.1, 0.15) is 76.3 Å². The van der Waals surface area contributed by atoms with E-state index in [2.05, 4.69) is 22.3 Å². The van der Waals surface area contributed by atoms with Gasteiger partial charge in [0, 0.05) is 42.7 Å². The number of rotatable bonds is 9. The van der Waals surface area contributed by atoms with E-state index in [0.29, 0.717) is 35.6 Å². The van der Waals surface area contributed by atoms with Crippen LogP contribution in [0.2, 0.25) is 0 Å². The number of carbonyl (C=O) groups is 2. The van der Waals surface area contributed by atoms with Crippen molar-refractivity contribution in [2.24, 2.45) is 0 Å². The molecule has 5 rings (SSSR count). The number of anilines is 1. The number of amides is 1. The van der Waals surface area contributed by atoms with Crippen LogP contribution in [0.15, 0.2) is 59.5 Å². The smallest absolute Gasteiger partial charge is 0.341 e. The Labute approximate surface area is 246 Å². The predicted molar refractivity (Wildman–Crippen MR) is 161 cm³/mol. The van der Waals surface area contributed by atoms with Gasteiger partial charge in [0.2, 0.25) is 10.0 Å². The largest absolute Gasteiger partial charge is 0.462 e. The third-order valence-electron chi connectivity index (χ3n) is 7.86. The lowest BCUT2D eigenvalue weighted by Gasteiger charge is -2.34. The van der Waals surface area contributed by atoms with Crippen LogP contribution in [0.25, 0.3) is 0 Å². The average molecular weight is 596 g/mol. The molecule has 2 aromatic carbocycles. The van der Waals surface area contributed by atoms with Crippen LogP contribution in [0.4, 0.5) is 5.00 Å². The van der Waals surface area contributed by atoms with Gasteiger partial charge in [0.05, 0.1) is 17.1 Å². The molecule has 3 aromatic rings. The Morgan fingerprint density at radius 3 is 2.49 bits per heavy atom. The van der Waals surface area contributed by atoms with Crippen molar-refractivity contribution in [2.45, 2.75) is 70.0 Å². The van der Waals surface area contributed by atoms with Crippen LogP contribution in [-0.4, -0.2) is 55.2 Å². The van der Waals surface area contributed by atoms with Crippen LogP contribution < -0.4 is 5.32 Å². The molecule has 0 saturated carbocycles. The first-order chi connectivity index (χ1) is 19.8. The molecule has 0 aliphatic carbocycles. The first-order valence-electron chi connectivity index (χ1n) is 14.3. The Balaban J connectivity index is 1.35. The van der Waals surface area contributed by atoms with E-state index >= 15 is 0 Å². The van der Waals surface area contributed by atoms with E-state index in [1.165, 1.54) is 41.2 Å². The standard InChI is InChI=1S/C31H37N3O5S2/c1-3-24-12-8-9-18-34(24)41(37,38)25-15-13-23(14-16-25)29(35)32-30-28(31(36)39-4-2)26-17-19-33(21-27(26)40-30)20-22-10-6-5-7-11-22/h5-7,10-11,13-16,24H,3-4,8-9,12,17-21H2,1-2H3,(H,32,35). The maximum atomic E-state index is 13.3. The molecule has 0 spiro atoms. The molecule has 3 heterocycles. The molecule has 41 heavy (non-hydrogen) atoms. The van der Waals surface area contributed by atoms with Crippen LogP contribution in [0.3, 0.4) is 0 Å². The van der Waals surface area contributed by atoms with E-state index in [1.807, 2.05) is 25.1 Å². The first kappa shape index (κ1) is 29.4. The monoisotopic (exact) mass is 595 g/mol. The Morgan fingerprint density at radius 2 is 1.78 bits per heavy atom. The number of thiophene rings is 1. The molecule has 1 amide bonds. The Kier molecular flexibility index (Phi) is 9.23. The zero-order valence-corrected chi connectivity index (χ0v) is 25.2. The lowest BCUT2D eigenvalue weighted by Crippen LogP contribution is -2.43. The molecule has 1 unspecified atom stereocenters. The first-order valence-corrected chi connectivity index (χ1v) is 16.6. The van der Waals surface area contributed by atoms with Crippen LogP contribution >= 0.6 is 11.3 Å². The second kappa shape index (κ2) is 12.9. The second-order valence-electron chi connectivity index (χ2n) is 10.5. The summed E-state index contributed by atoms with van der Waals surface area (Å²) in [5.74, 6) is -0.839. The van der Waals surface area contributed by atoms with Crippen molar-refractivity contribution in [2.75, 3.05) is 25.0 Å². The third-order valence-corrected chi connectivity index (χ3v) is 11.0. The predicted octanol–water partition coefficient (Wildman–Crippen LogP) is 5.69. The number of piperidine rings is 1. The van der Waals surface area contributed by atoms with E-state index in [4.69, 9.17) is 4.74 Å². The molecular formula is C31H37N3O5S2. The Morgan fingerprint density at radius 1 is 1.02 bits per heavy atom. The molecule has 1 fully saturated rings. The molecule has 0 radical (unpaired) electrons. The van der Waals surface area contributed by atoms with E-state index in [9.17, 15) is 18.0 Å². The molecule has 1 N–H and O–H groups in total. The Hall–Kier alpha value is -3.05. The zero-order valence-electron chi connectivity index (χ0n) is 23.6. The molecule has 10 heteroatoms. The van der Waals surface area contributed by atoms with Crippen molar-refractivity contribution in [1.82, 2.24) is 9.21 Å². The molecule has 2 aliphatic rings. The van der Waals surface area contributed by atoms with Crippen LogP contribution in [-0.2, 0) is 34.3 Å². The lowest BCUT2D eigenvalue weighted by atomic mass is 10.0. The maximum absolute atomic E-state index is 13.3. The van der Waals surface area contributed by atoms with Crippen molar-refractivity contribution < 1.29 is 22.7 Å². The van der Waals surface area contributed by atoms with Gasteiger partial charge in [-0.05, 0) is 68.0 Å². The van der Waals surface area contributed by atoms with Gasteiger partial charge in [-0.25, -0.2) is 13.2 Å². The van der Waals surface area contributed by atoms with Crippen LogP contribution in [0, 0.1) is 0 Å². The highest BCUT2D eigenvalue weighted by molar-refractivity contribution is 7.89. The van der Waals surface area contributed by atoms with E-state index in [1.54, 1.807) is 11.2 Å². The summed E-state index contributed by atoms with van der Waals surface area (Å²) in [6.45, 7) is 6.82. The van der Waals surface area contributed by atoms with Crippen molar-refractivity contribution in [3.63, 3.8) is 0 Å². The average Bonchev–Trinajstić information content (AvgIpc) is 3.34. The molecule has 8 nitrogen and oxygen atoms in total. The molecule has 2 aliphatic heterocycles. The van der Waals surface area contributed by atoms with Gasteiger partial charge in [-0.1, -0.05) is 43.7 Å². The van der Waals surface area contributed by atoms with E-state index in [0.717, 1.165) is 49.2 Å². The molecule has 1 aromatic heterocycles. The minimum atomic E-state index is -3.64. The number of ether oxygens (including phenoxy) is 1. The number of nitrogens with zero attached hydrogens (tertiary/aromatic N) is 2. The maximum Gasteiger partial charge on any atom is 0.341 e. The number of benzene rings is 2. The number of esters is 1. The second-order valence-corrected chi connectivity index (χ2v) is 13.5. The van der Waals surface area contributed by atoms with Gasteiger partial charge >= 0.3 is 5.97 Å². The van der Waals surface area contributed by atoms with Crippen LogP contribution in [0.5, 0.6) is 0 Å². The summed E-state index contributed by atoms with van der Waals surface area (Å²) in [5, 5.41) is 3.39. The third kappa shape index (κ3) is 6.40. The highest BCUT2D eigenvalue weighted by atomic mass is 32.2. The SMILES string of the molecule is CCOC(=O)c1c(NC(=O)c2ccc(S(=O)(=O)N3CCCCC3CC)cc2)sc2c1CCN(Cc1ccccc1)C2. The quantitative estimate of drug-likeness (QED) is 0.320. The molecule has 1 atom stereocenters. The molecule has 1 saturated heterocycles. The number of hydrogen-bond donors (Lipinski definition) is 1. The lowest BCUT2D eigenvalue weighted by molar-refractivity contribution is 0.0526. The number of fused-ring (bicyclic) bond motifs is 1. The normalized spacial score (nSPS) is 18.0. The molecule has 0 bridgehead atoms. The van der Waals surface area contributed by atoms with Gasteiger partial charge in [-0.3, -0.25) is 9.69 Å². The number of hydrogen-bond acceptors (Lipinski definition) is 7. The van der Waals surface area contributed by atoms with Crippen molar-refractivity contribution in [3.05, 3.63) is 81.7 Å². The summed E-state index contributed by atoms with van der Waals surface area (Å²) in [6, 6.07) is 16.3. The van der Waals surface area contributed by atoms with Gasteiger partial charge in [-0.2, -0.15) is 4.31 Å². The van der Waals surface area contributed by atoms with Crippen molar-refractivity contribution in [3.8, 4) is 0 Å². The summed E-state index contributed by atoms with van der Waals surface area (Å²) in [4.78, 5) is 29.9. The van der Waals surface area contributed by atoms with E-state index < -0.39 is 21.9 Å². The van der Waals surface area contributed by atoms with Gasteiger partial charge in [0.25, 0.3) is 5.91 Å². The fourth-order valence-electron chi connectivity index (χ4n) is 5.73. The molecular weight excluding hydrogens is 558 g/mol. The highest BCUT2D eigenvalue weighted by Crippen LogP contribution is 2.38. The van der Waals surface area contributed by atoms with Crippen molar-refractivity contribution in [1.29, 1.82) is 0 Å². The van der Waals surface area contributed by atoms with Gasteiger partial charge in [-0.15, -0.1) is 11.3 Å². The molecule has 218 valence electrons. The highest BCUT2D eigenvalue weighted by Gasteiger charge is 2.33. The summed E-state index contributed by atoms with van der Waals surface area (Å²) in [5.41, 5.74) is 2.90. The Bertz CT molecular complexity index is 1490. The fourth-order valence-corrected chi connectivity index (χ4v) is 8.77. The topological polar surface area (TPSA) is 96.0 Å². The summed E-state index contributed by atoms with van der Waals surface area (Å²) < 4.78 is 33.6. The number of sulfonamides is 1. The van der Waals surface area contributed by atoms with E-state index in [-0.39, 0.29) is 17.5 Å². The zero-order chi connectivity index (χ0) is 29.0. The number of nitrogens with one attached hydrogen (secondary N) is 1. The van der Waals surface area contributed by atoms with Gasteiger partial charge in [0.1, 0.15) is 5.00 Å². The van der Waals surface area contributed by atoms with Crippen molar-refractivity contribution >= 4 is 38.2 Å². The minimum Gasteiger partial charge on any atom is -0.462 e. The summed E-state index contributed by atoms with van der Waals surface area (Å²) in [6.07, 6.45) is 4.22. The fraction of sp³-hybridized carbons (Fsp3) is 0.419. The van der Waals surface area contributed by atoms with Gasteiger partial charge < -0.3 is 10.1 Å². The summed E-state index contributed by atoms with van der Waals surface area (Å²) in [7, 11) is -3.64. The van der Waals surface area contributed by atoms with Gasteiger partial charge in [0.15, 0.2) is 0 Å². The number of carbonyl (C=O) groups excluding carboxylic acids is 2. The summed E-state index contributed by atoms with van der Waals surface area (Å²) >= 11 is 1.41.